The van der Waals surface area contributed by atoms with Crippen LogP contribution in [0.4, 0.5) is 0 Å². The third-order valence-electron chi connectivity index (χ3n) is 6.20. The number of Topliss-reactive ketones (excluding diaryl/α,β-unsaturated/α-hetero) is 1. The second kappa shape index (κ2) is 8.24. The predicted octanol–water partition coefficient (Wildman–Crippen LogP) is 3.85. The molecule has 0 N–H and O–H groups in total. The van der Waals surface area contributed by atoms with E-state index in [2.05, 4.69) is 9.55 Å². The number of aryl methyl sites for hydroxylation is 2. The number of benzene rings is 2. The van der Waals surface area contributed by atoms with Crippen molar-refractivity contribution >= 4 is 16.7 Å². The largest absolute Gasteiger partial charge is 0.486 e. The predicted molar refractivity (Wildman–Crippen MR) is 125 cm³/mol. The zero-order chi connectivity index (χ0) is 23.1. The molecule has 0 saturated carbocycles. The highest BCUT2D eigenvalue weighted by Crippen LogP contribution is 2.31. The van der Waals surface area contributed by atoms with E-state index in [9.17, 15) is 9.59 Å². The molecule has 168 valence electrons. The molecule has 3 heterocycles. The Hall–Kier alpha value is -3.87. The van der Waals surface area contributed by atoms with Crippen LogP contribution in [0.1, 0.15) is 27.3 Å². The monoisotopic (exact) mass is 443 g/mol. The molecule has 5 rings (SSSR count). The van der Waals surface area contributed by atoms with Gasteiger partial charge in [-0.3, -0.25) is 14.2 Å². The Balaban J connectivity index is 1.37. The molecule has 1 atom stereocenters. The summed E-state index contributed by atoms with van der Waals surface area (Å²) in [5.41, 5.74) is 3.79. The summed E-state index contributed by atoms with van der Waals surface area (Å²) in [5.74, 6) is 1.34. The van der Waals surface area contributed by atoms with E-state index in [4.69, 9.17) is 9.47 Å². The average Bonchev–Trinajstić information content (AvgIpc) is 3.09. The van der Waals surface area contributed by atoms with Crippen LogP contribution in [0.25, 0.3) is 10.9 Å². The van der Waals surface area contributed by atoms with Crippen molar-refractivity contribution in [1.29, 1.82) is 0 Å². The van der Waals surface area contributed by atoms with Crippen molar-refractivity contribution in [3.63, 3.8) is 0 Å². The third-order valence-corrected chi connectivity index (χ3v) is 6.20. The van der Waals surface area contributed by atoms with Crippen molar-refractivity contribution in [2.45, 2.75) is 40.0 Å². The quantitative estimate of drug-likeness (QED) is 0.438. The molecular weight excluding hydrogens is 418 g/mol. The highest BCUT2D eigenvalue weighted by Gasteiger charge is 2.24. The van der Waals surface area contributed by atoms with E-state index in [1.165, 1.54) is 10.9 Å². The number of ether oxygens (including phenoxy) is 2. The van der Waals surface area contributed by atoms with Gasteiger partial charge in [0.1, 0.15) is 6.61 Å². The summed E-state index contributed by atoms with van der Waals surface area (Å²) in [6.45, 7) is 6.75. The van der Waals surface area contributed by atoms with Gasteiger partial charge in [-0.05, 0) is 50.6 Å². The number of rotatable bonds is 5. The van der Waals surface area contributed by atoms with Crippen LogP contribution in [-0.2, 0) is 13.1 Å². The van der Waals surface area contributed by atoms with E-state index in [1.807, 2.05) is 63.2 Å². The normalized spacial score (nSPS) is 15.1. The molecule has 0 spiro atoms. The first-order valence-electron chi connectivity index (χ1n) is 11.0. The Morgan fingerprint density at radius 3 is 2.70 bits per heavy atom. The summed E-state index contributed by atoms with van der Waals surface area (Å²) in [5, 5.41) is 0.519. The van der Waals surface area contributed by atoms with Crippen LogP contribution < -0.4 is 15.0 Å². The number of carbonyl (C=O) groups excluding carboxylic acids is 1. The fourth-order valence-corrected chi connectivity index (χ4v) is 4.41. The Morgan fingerprint density at radius 1 is 1.09 bits per heavy atom. The third kappa shape index (κ3) is 3.80. The Bertz CT molecular complexity index is 1430. The summed E-state index contributed by atoms with van der Waals surface area (Å²) in [4.78, 5) is 30.5. The highest BCUT2D eigenvalue weighted by molar-refractivity contribution is 5.97. The first kappa shape index (κ1) is 21.0. The number of hydrogen-bond acceptors (Lipinski definition) is 5. The van der Waals surface area contributed by atoms with Gasteiger partial charge in [-0.1, -0.05) is 24.3 Å². The van der Waals surface area contributed by atoms with Crippen LogP contribution in [0, 0.1) is 20.8 Å². The number of fused-ring (bicyclic) bond motifs is 2. The van der Waals surface area contributed by atoms with Crippen LogP contribution in [0.2, 0.25) is 0 Å². The van der Waals surface area contributed by atoms with Crippen molar-refractivity contribution < 1.29 is 14.3 Å². The lowest BCUT2D eigenvalue weighted by molar-refractivity contribution is 0.0777. The molecule has 2 aromatic carbocycles. The van der Waals surface area contributed by atoms with Crippen LogP contribution in [0.5, 0.6) is 11.5 Å². The molecule has 1 aliphatic rings. The van der Waals surface area contributed by atoms with Gasteiger partial charge in [-0.2, -0.15) is 0 Å². The fraction of sp³-hybridized carbons (Fsp3) is 0.269. The van der Waals surface area contributed by atoms with Gasteiger partial charge in [-0.15, -0.1) is 0 Å². The topological polar surface area (TPSA) is 75.4 Å². The summed E-state index contributed by atoms with van der Waals surface area (Å²) in [7, 11) is 0. The van der Waals surface area contributed by atoms with Gasteiger partial charge in [0.25, 0.3) is 5.56 Å². The molecule has 0 radical (unpaired) electrons. The van der Waals surface area contributed by atoms with Gasteiger partial charge in [0.2, 0.25) is 0 Å². The minimum Gasteiger partial charge on any atom is -0.486 e. The standard InChI is InChI=1S/C26H25N3O4/c1-16-7-6-8-20-25(16)27-15-28(26(20)31)13-22(30)21-11-17(2)29(18(21)3)12-19-14-32-23-9-4-5-10-24(23)33-19/h4-11,15,19H,12-14H2,1-3H3. The van der Waals surface area contributed by atoms with Crippen LogP contribution in [0.3, 0.4) is 0 Å². The molecule has 0 bridgehead atoms. The zero-order valence-electron chi connectivity index (χ0n) is 18.9. The number of nitrogens with zero attached hydrogens (tertiary/aromatic N) is 3. The number of ketones is 1. The highest BCUT2D eigenvalue weighted by atomic mass is 16.6. The van der Waals surface area contributed by atoms with Gasteiger partial charge in [0.05, 0.1) is 30.3 Å². The van der Waals surface area contributed by atoms with Gasteiger partial charge in [0, 0.05) is 17.0 Å². The second-order valence-corrected chi connectivity index (χ2v) is 8.46. The molecule has 2 aromatic heterocycles. The zero-order valence-corrected chi connectivity index (χ0v) is 18.9. The van der Waals surface area contributed by atoms with E-state index >= 15 is 0 Å². The Kier molecular flexibility index (Phi) is 5.24. The van der Waals surface area contributed by atoms with E-state index in [0.717, 1.165) is 28.5 Å². The minimum atomic E-state index is -0.211. The molecule has 0 aliphatic carbocycles. The maximum absolute atomic E-state index is 13.2. The summed E-state index contributed by atoms with van der Waals surface area (Å²) in [6, 6.07) is 15.0. The first-order chi connectivity index (χ1) is 15.9. The maximum atomic E-state index is 13.2. The molecule has 1 aliphatic heterocycles. The second-order valence-electron chi connectivity index (χ2n) is 8.46. The number of para-hydroxylation sites is 3. The van der Waals surface area contributed by atoms with Crippen LogP contribution in [-0.4, -0.2) is 32.6 Å². The Labute approximate surface area is 191 Å². The van der Waals surface area contributed by atoms with Gasteiger partial charge in [-0.25, -0.2) is 4.98 Å². The number of carbonyl (C=O) groups is 1. The fourth-order valence-electron chi connectivity index (χ4n) is 4.41. The van der Waals surface area contributed by atoms with E-state index in [-0.39, 0.29) is 24.0 Å². The number of hydrogen-bond donors (Lipinski definition) is 0. The molecule has 4 aromatic rings. The molecule has 7 nitrogen and oxygen atoms in total. The van der Waals surface area contributed by atoms with Gasteiger partial charge >= 0.3 is 0 Å². The number of aromatic nitrogens is 3. The molecule has 0 fully saturated rings. The lowest BCUT2D eigenvalue weighted by Gasteiger charge is -2.27. The SMILES string of the molecule is Cc1cccc2c(=O)n(CC(=O)c3cc(C)n(CC4COc5ccccc5O4)c3C)cnc12. The lowest BCUT2D eigenvalue weighted by Crippen LogP contribution is -2.33. The minimum absolute atomic E-state index is 0.0591. The van der Waals surface area contributed by atoms with Gasteiger partial charge < -0.3 is 14.0 Å². The summed E-state index contributed by atoms with van der Waals surface area (Å²) in [6.07, 6.45) is 1.29. The molecule has 1 unspecified atom stereocenters. The van der Waals surface area contributed by atoms with Crippen LogP contribution in [0.15, 0.2) is 59.7 Å². The maximum Gasteiger partial charge on any atom is 0.261 e. The van der Waals surface area contributed by atoms with Crippen molar-refractivity contribution in [2.24, 2.45) is 0 Å². The molecule has 7 heteroatoms. The summed E-state index contributed by atoms with van der Waals surface area (Å²) < 4.78 is 15.4. The molecule has 33 heavy (non-hydrogen) atoms. The van der Waals surface area contributed by atoms with E-state index in [0.29, 0.717) is 29.6 Å². The smallest absolute Gasteiger partial charge is 0.261 e. The average molecular weight is 444 g/mol. The first-order valence-corrected chi connectivity index (χ1v) is 11.0. The lowest BCUT2D eigenvalue weighted by atomic mass is 10.1. The van der Waals surface area contributed by atoms with E-state index < -0.39 is 0 Å². The van der Waals surface area contributed by atoms with Crippen molar-refractivity contribution in [3.8, 4) is 11.5 Å². The molecule has 0 saturated heterocycles. The van der Waals surface area contributed by atoms with Gasteiger partial charge in [0.15, 0.2) is 23.4 Å². The van der Waals surface area contributed by atoms with Crippen molar-refractivity contribution in [3.05, 3.63) is 87.7 Å². The van der Waals surface area contributed by atoms with E-state index in [1.54, 1.807) is 6.07 Å². The Morgan fingerprint density at radius 2 is 1.88 bits per heavy atom. The van der Waals surface area contributed by atoms with Crippen LogP contribution >= 0.6 is 0 Å². The summed E-state index contributed by atoms with van der Waals surface area (Å²) >= 11 is 0. The van der Waals surface area contributed by atoms with Crippen molar-refractivity contribution in [2.75, 3.05) is 6.61 Å². The molecular formula is C26H25N3O4. The molecule has 0 amide bonds. The van der Waals surface area contributed by atoms with Crippen molar-refractivity contribution in [1.82, 2.24) is 14.1 Å².